The van der Waals surface area contributed by atoms with Crippen molar-refractivity contribution in [3.8, 4) is 16.5 Å². The van der Waals surface area contributed by atoms with Crippen molar-refractivity contribution in [2.24, 2.45) is 10.9 Å². The number of halogens is 1. The number of hydrogen-bond donors (Lipinski definition) is 1. The number of hydrogen-bond acceptors (Lipinski definition) is 6. The Bertz CT molecular complexity index is 1220. The normalized spacial score (nSPS) is 16.4. The van der Waals surface area contributed by atoms with Gasteiger partial charge in [-0.3, -0.25) is 0 Å². The zero-order chi connectivity index (χ0) is 25.7. The Morgan fingerprint density at radius 2 is 2.11 bits per heavy atom. The Morgan fingerprint density at radius 1 is 1.33 bits per heavy atom. The molecule has 7 nitrogen and oxygen atoms in total. The number of ether oxygens (including phenoxy) is 1. The van der Waals surface area contributed by atoms with Gasteiger partial charge in [0.2, 0.25) is 4.96 Å². The number of aromatic nitrogens is 3. The molecule has 192 valence electrons. The van der Waals surface area contributed by atoms with Gasteiger partial charge in [-0.25, -0.2) is 18.9 Å². The van der Waals surface area contributed by atoms with Gasteiger partial charge < -0.3 is 15.0 Å². The Morgan fingerprint density at radius 3 is 2.72 bits per heavy atom. The van der Waals surface area contributed by atoms with E-state index in [2.05, 4.69) is 47.6 Å². The number of benzene rings is 1. The minimum Gasteiger partial charge on any atom is -0.466 e. The molecule has 3 heterocycles. The lowest BCUT2D eigenvalue weighted by Gasteiger charge is -2.36. The third kappa shape index (κ3) is 5.78. The second kappa shape index (κ2) is 11.7. The van der Waals surface area contributed by atoms with Gasteiger partial charge in [-0.2, -0.15) is 0 Å². The van der Waals surface area contributed by atoms with Crippen LogP contribution in [-0.2, 0) is 0 Å². The molecular formula is C27H35FN6OS. The zero-order valence-corrected chi connectivity index (χ0v) is 22.3. The quantitative estimate of drug-likeness (QED) is 0.205. The number of anilines is 1. The smallest absolute Gasteiger partial charge is 0.294 e. The molecule has 0 spiro atoms. The first-order valence-corrected chi connectivity index (χ1v) is 13.4. The summed E-state index contributed by atoms with van der Waals surface area (Å²) in [5.74, 6) is 1.26. The van der Waals surface area contributed by atoms with Crippen LogP contribution >= 0.6 is 11.3 Å². The highest BCUT2D eigenvalue weighted by molar-refractivity contribution is 7.18. The fourth-order valence-electron chi connectivity index (χ4n) is 4.46. The maximum Gasteiger partial charge on any atom is 0.294 e. The molecule has 0 aliphatic carbocycles. The standard InChI is InChI=1S/C27H35FN6OS/c1-6-19(7-2)16-30-25(8-3)33-13-11-20(12-14-33)18(4)35-27-32-34-17-24(31-26(34)36-27)22-10-9-21(29-5)15-23(22)28/h6,9-10,15-18,20,29H,1,7-8,11-14H2,2-5H3/b19-16+,30-25?. The Labute approximate surface area is 216 Å². The van der Waals surface area contributed by atoms with Gasteiger partial charge in [-0.15, -0.1) is 5.10 Å². The van der Waals surface area contributed by atoms with Crippen molar-refractivity contribution in [2.45, 2.75) is 52.6 Å². The number of aliphatic imine (C=N–C) groups is 1. The minimum absolute atomic E-state index is 0.0448. The predicted octanol–water partition coefficient (Wildman–Crippen LogP) is 6.41. The number of fused-ring (bicyclic) bond motifs is 1. The maximum atomic E-state index is 14.5. The summed E-state index contributed by atoms with van der Waals surface area (Å²) in [5.41, 5.74) is 2.88. The lowest BCUT2D eigenvalue weighted by Crippen LogP contribution is -2.41. The van der Waals surface area contributed by atoms with Crippen molar-refractivity contribution in [1.29, 1.82) is 0 Å². The molecule has 0 saturated carbocycles. The molecule has 9 heteroatoms. The monoisotopic (exact) mass is 510 g/mol. The van der Waals surface area contributed by atoms with Crippen molar-refractivity contribution in [3.63, 3.8) is 0 Å². The van der Waals surface area contributed by atoms with Gasteiger partial charge in [-0.1, -0.05) is 26.5 Å². The third-order valence-electron chi connectivity index (χ3n) is 6.78. The van der Waals surface area contributed by atoms with E-state index in [1.165, 1.54) is 17.4 Å². The largest absolute Gasteiger partial charge is 0.466 e. The molecule has 1 aliphatic rings. The molecule has 2 aromatic heterocycles. The summed E-state index contributed by atoms with van der Waals surface area (Å²) in [6, 6.07) is 5.02. The number of likely N-dealkylation sites (tertiary alicyclic amines) is 1. The number of allylic oxidation sites excluding steroid dienone is 2. The molecule has 0 radical (unpaired) electrons. The van der Waals surface area contributed by atoms with Crippen LogP contribution in [0, 0.1) is 11.7 Å². The van der Waals surface area contributed by atoms with E-state index in [9.17, 15) is 4.39 Å². The van der Waals surface area contributed by atoms with E-state index in [4.69, 9.17) is 9.73 Å². The van der Waals surface area contributed by atoms with Crippen LogP contribution in [0.1, 0.15) is 46.5 Å². The molecule has 1 aromatic carbocycles. The minimum atomic E-state index is -0.317. The lowest BCUT2D eigenvalue weighted by atomic mass is 9.92. The van der Waals surface area contributed by atoms with Crippen LogP contribution in [0.25, 0.3) is 16.2 Å². The first kappa shape index (κ1) is 25.9. The first-order chi connectivity index (χ1) is 17.4. The van der Waals surface area contributed by atoms with Crippen molar-refractivity contribution in [2.75, 3.05) is 25.5 Å². The van der Waals surface area contributed by atoms with Crippen molar-refractivity contribution in [1.82, 2.24) is 19.5 Å². The highest BCUT2D eigenvalue weighted by Crippen LogP contribution is 2.31. The van der Waals surface area contributed by atoms with Gasteiger partial charge >= 0.3 is 0 Å². The fraction of sp³-hybridized carbons (Fsp3) is 0.444. The van der Waals surface area contributed by atoms with E-state index in [1.807, 2.05) is 18.3 Å². The SMILES string of the molecule is C=C/C(=C\N=C(CC)N1CCC(C(C)Oc2nn3cc(-c4ccc(NC)cc4F)nc3s2)CC1)CC. The first-order valence-electron chi connectivity index (χ1n) is 12.6. The molecule has 1 atom stereocenters. The van der Waals surface area contributed by atoms with Gasteiger partial charge in [0, 0.05) is 44.0 Å². The summed E-state index contributed by atoms with van der Waals surface area (Å²) in [6.07, 6.45) is 9.54. The van der Waals surface area contributed by atoms with E-state index in [0.29, 0.717) is 27.3 Å². The van der Waals surface area contributed by atoms with Gasteiger partial charge in [0.05, 0.1) is 11.9 Å². The number of rotatable bonds is 9. The molecule has 0 bridgehead atoms. The summed E-state index contributed by atoms with van der Waals surface area (Å²) in [6.45, 7) is 12.2. The van der Waals surface area contributed by atoms with E-state index in [1.54, 1.807) is 23.8 Å². The summed E-state index contributed by atoms with van der Waals surface area (Å²) in [7, 11) is 1.76. The zero-order valence-electron chi connectivity index (χ0n) is 21.5. The van der Waals surface area contributed by atoms with Crippen LogP contribution in [0.2, 0.25) is 0 Å². The number of amidine groups is 1. The number of imidazole rings is 1. The van der Waals surface area contributed by atoms with Crippen molar-refractivity contribution in [3.05, 3.63) is 54.6 Å². The molecule has 0 amide bonds. The molecule has 36 heavy (non-hydrogen) atoms. The van der Waals surface area contributed by atoms with E-state index in [0.717, 1.165) is 55.9 Å². The summed E-state index contributed by atoms with van der Waals surface area (Å²) in [4.78, 5) is 12.4. The van der Waals surface area contributed by atoms with Crippen LogP contribution in [0.4, 0.5) is 10.1 Å². The summed E-state index contributed by atoms with van der Waals surface area (Å²) >= 11 is 1.38. The highest BCUT2D eigenvalue weighted by atomic mass is 32.1. The average Bonchev–Trinajstić information content (AvgIpc) is 3.45. The van der Waals surface area contributed by atoms with E-state index < -0.39 is 0 Å². The maximum absolute atomic E-state index is 14.5. The van der Waals surface area contributed by atoms with Gasteiger partial charge in [-0.05, 0) is 67.2 Å². The second-order valence-electron chi connectivity index (χ2n) is 8.97. The Hall–Kier alpha value is -3.20. The molecule has 1 saturated heterocycles. The van der Waals surface area contributed by atoms with Gasteiger partial charge in [0.15, 0.2) is 0 Å². The van der Waals surface area contributed by atoms with Crippen LogP contribution in [0.5, 0.6) is 5.19 Å². The van der Waals surface area contributed by atoms with Crippen LogP contribution in [-0.4, -0.2) is 51.6 Å². The molecule has 1 unspecified atom stereocenters. The summed E-state index contributed by atoms with van der Waals surface area (Å²) < 4.78 is 22.4. The van der Waals surface area contributed by atoms with Gasteiger partial charge in [0.1, 0.15) is 17.8 Å². The predicted molar refractivity (Wildman–Crippen MR) is 146 cm³/mol. The second-order valence-corrected chi connectivity index (χ2v) is 9.89. The molecule has 4 rings (SSSR count). The fourth-order valence-corrected chi connectivity index (χ4v) is 5.28. The Balaban J connectivity index is 1.36. The van der Waals surface area contributed by atoms with Crippen LogP contribution < -0.4 is 10.1 Å². The Kier molecular flexibility index (Phi) is 8.40. The van der Waals surface area contributed by atoms with Crippen LogP contribution in [0.15, 0.2) is 53.8 Å². The van der Waals surface area contributed by atoms with Crippen molar-refractivity contribution < 1.29 is 9.13 Å². The molecule has 1 aliphatic heterocycles. The molecule has 3 aromatic rings. The molecular weight excluding hydrogens is 475 g/mol. The third-order valence-corrected chi connectivity index (χ3v) is 7.59. The highest BCUT2D eigenvalue weighted by Gasteiger charge is 2.27. The number of piperidine rings is 1. The molecule has 1 N–H and O–H groups in total. The topological polar surface area (TPSA) is 67.0 Å². The molecule has 1 fully saturated rings. The van der Waals surface area contributed by atoms with Crippen molar-refractivity contribution >= 4 is 27.8 Å². The summed E-state index contributed by atoms with van der Waals surface area (Å²) in [5, 5.41) is 8.07. The van der Waals surface area contributed by atoms with E-state index in [-0.39, 0.29) is 11.9 Å². The lowest BCUT2D eigenvalue weighted by molar-refractivity contribution is 0.107. The average molecular weight is 511 g/mol. The number of nitrogens with zero attached hydrogens (tertiary/aromatic N) is 5. The van der Waals surface area contributed by atoms with E-state index >= 15 is 0 Å². The number of nitrogens with one attached hydrogen (secondary N) is 1. The van der Waals surface area contributed by atoms with Gasteiger partial charge in [0.25, 0.3) is 5.19 Å². The van der Waals surface area contributed by atoms with Crippen LogP contribution in [0.3, 0.4) is 0 Å².